The van der Waals surface area contributed by atoms with Crippen LogP contribution in [0.2, 0.25) is 0 Å². The lowest BCUT2D eigenvalue weighted by atomic mass is 10.0. The van der Waals surface area contributed by atoms with Gasteiger partial charge in [-0.1, -0.05) is 18.2 Å². The number of nitrogens with one attached hydrogen (secondary N) is 2. The van der Waals surface area contributed by atoms with E-state index >= 15 is 0 Å². The molecule has 1 aromatic heterocycles. The SMILES string of the molecule is C[C@H]1Cc2cc(CNC(=O)C(C)(C)NC(=O)c3cccs3)ccc2O1. The number of carbonyl (C=O) groups is 2. The van der Waals surface area contributed by atoms with Gasteiger partial charge < -0.3 is 15.4 Å². The zero-order valence-electron chi connectivity index (χ0n) is 14.6. The smallest absolute Gasteiger partial charge is 0.262 e. The van der Waals surface area contributed by atoms with Crippen molar-refractivity contribution in [1.29, 1.82) is 0 Å². The molecule has 0 saturated heterocycles. The predicted octanol–water partition coefficient (Wildman–Crippen LogP) is 2.90. The Bertz CT molecular complexity index is 784. The van der Waals surface area contributed by atoms with Crippen LogP contribution in [-0.2, 0) is 17.8 Å². The number of fused-ring (bicyclic) bond motifs is 1. The van der Waals surface area contributed by atoms with Gasteiger partial charge >= 0.3 is 0 Å². The zero-order valence-corrected chi connectivity index (χ0v) is 15.4. The number of carbonyl (C=O) groups excluding carboxylic acids is 2. The second kappa shape index (κ2) is 6.88. The van der Waals surface area contributed by atoms with Gasteiger partial charge in [0.05, 0.1) is 4.88 Å². The van der Waals surface area contributed by atoms with Gasteiger partial charge in [-0.05, 0) is 49.4 Å². The van der Waals surface area contributed by atoms with Crippen molar-refractivity contribution in [3.05, 3.63) is 51.7 Å². The maximum atomic E-state index is 12.5. The van der Waals surface area contributed by atoms with Gasteiger partial charge in [0.1, 0.15) is 17.4 Å². The molecule has 0 fully saturated rings. The molecule has 2 heterocycles. The molecule has 1 aromatic carbocycles. The number of benzene rings is 1. The van der Waals surface area contributed by atoms with E-state index in [1.165, 1.54) is 16.9 Å². The Morgan fingerprint density at radius 2 is 2.12 bits per heavy atom. The van der Waals surface area contributed by atoms with Gasteiger partial charge in [0.2, 0.25) is 5.91 Å². The van der Waals surface area contributed by atoms with Crippen molar-refractivity contribution in [2.45, 2.75) is 45.4 Å². The molecule has 1 aliphatic rings. The van der Waals surface area contributed by atoms with E-state index in [2.05, 4.69) is 16.7 Å². The van der Waals surface area contributed by atoms with Crippen LogP contribution in [0, 0.1) is 0 Å². The summed E-state index contributed by atoms with van der Waals surface area (Å²) in [5, 5.41) is 7.52. The Labute approximate surface area is 151 Å². The van der Waals surface area contributed by atoms with E-state index in [9.17, 15) is 9.59 Å². The molecule has 2 amide bonds. The molecule has 0 radical (unpaired) electrons. The highest BCUT2D eigenvalue weighted by Crippen LogP contribution is 2.29. The molecule has 6 heteroatoms. The van der Waals surface area contributed by atoms with Gasteiger partial charge in [0.25, 0.3) is 5.91 Å². The zero-order chi connectivity index (χ0) is 18.0. The first-order chi connectivity index (χ1) is 11.8. The maximum absolute atomic E-state index is 12.5. The summed E-state index contributed by atoms with van der Waals surface area (Å²) in [4.78, 5) is 25.2. The van der Waals surface area contributed by atoms with Gasteiger partial charge in [0, 0.05) is 13.0 Å². The Morgan fingerprint density at radius 1 is 1.32 bits per heavy atom. The molecule has 0 aliphatic carbocycles. The van der Waals surface area contributed by atoms with Gasteiger partial charge in [-0.25, -0.2) is 0 Å². The second-order valence-electron chi connectivity index (χ2n) is 6.81. The molecule has 3 rings (SSSR count). The third kappa shape index (κ3) is 4.02. The standard InChI is InChI=1S/C19H22N2O3S/c1-12-9-14-10-13(6-7-15(14)24-12)11-20-18(23)19(2,3)21-17(22)16-5-4-8-25-16/h4-8,10,12H,9,11H2,1-3H3,(H,20,23)(H,21,22)/t12-/m0/s1. The van der Waals surface area contributed by atoms with Gasteiger partial charge in [-0.15, -0.1) is 11.3 Å². The monoisotopic (exact) mass is 358 g/mol. The van der Waals surface area contributed by atoms with Gasteiger partial charge in [0.15, 0.2) is 0 Å². The molecule has 1 aliphatic heterocycles. The normalized spacial score (nSPS) is 16.0. The highest BCUT2D eigenvalue weighted by atomic mass is 32.1. The quantitative estimate of drug-likeness (QED) is 0.864. The summed E-state index contributed by atoms with van der Waals surface area (Å²) < 4.78 is 5.69. The Balaban J connectivity index is 1.58. The van der Waals surface area contributed by atoms with E-state index in [4.69, 9.17) is 4.74 Å². The van der Waals surface area contributed by atoms with E-state index in [0.717, 1.165) is 17.7 Å². The number of ether oxygens (including phenoxy) is 1. The van der Waals surface area contributed by atoms with Crippen LogP contribution in [0.1, 0.15) is 41.6 Å². The van der Waals surface area contributed by atoms with E-state index in [0.29, 0.717) is 11.4 Å². The maximum Gasteiger partial charge on any atom is 0.262 e. The predicted molar refractivity (Wildman–Crippen MR) is 97.9 cm³/mol. The van der Waals surface area contributed by atoms with E-state index in [1.807, 2.05) is 30.5 Å². The molecule has 2 N–H and O–H groups in total. The lowest BCUT2D eigenvalue weighted by Crippen LogP contribution is -2.54. The van der Waals surface area contributed by atoms with Crippen molar-refractivity contribution in [3.63, 3.8) is 0 Å². The number of thiophene rings is 1. The molecule has 2 aromatic rings. The average molecular weight is 358 g/mol. The Kier molecular flexibility index (Phi) is 4.81. The van der Waals surface area contributed by atoms with Crippen molar-refractivity contribution in [3.8, 4) is 5.75 Å². The van der Waals surface area contributed by atoms with Crippen molar-refractivity contribution in [1.82, 2.24) is 10.6 Å². The molecule has 0 spiro atoms. The molecule has 0 saturated carbocycles. The van der Waals surface area contributed by atoms with Crippen molar-refractivity contribution < 1.29 is 14.3 Å². The Morgan fingerprint density at radius 3 is 2.84 bits per heavy atom. The molecular formula is C19H22N2O3S. The topological polar surface area (TPSA) is 67.4 Å². The number of hydrogen-bond donors (Lipinski definition) is 2. The van der Waals surface area contributed by atoms with Crippen molar-refractivity contribution >= 4 is 23.2 Å². The molecule has 25 heavy (non-hydrogen) atoms. The first-order valence-corrected chi connectivity index (χ1v) is 9.16. The fraction of sp³-hybridized carbons (Fsp3) is 0.368. The second-order valence-corrected chi connectivity index (χ2v) is 7.76. The molecular weight excluding hydrogens is 336 g/mol. The van der Waals surface area contributed by atoms with Crippen LogP contribution in [0.25, 0.3) is 0 Å². The summed E-state index contributed by atoms with van der Waals surface area (Å²) in [6, 6.07) is 9.52. The van der Waals surface area contributed by atoms with Gasteiger partial charge in [-0.3, -0.25) is 9.59 Å². The highest BCUT2D eigenvalue weighted by Gasteiger charge is 2.30. The van der Waals surface area contributed by atoms with Crippen LogP contribution in [0.5, 0.6) is 5.75 Å². The van der Waals surface area contributed by atoms with E-state index < -0.39 is 5.54 Å². The van der Waals surface area contributed by atoms with Crippen LogP contribution >= 0.6 is 11.3 Å². The minimum atomic E-state index is -0.991. The van der Waals surface area contributed by atoms with Crippen LogP contribution < -0.4 is 15.4 Å². The first-order valence-electron chi connectivity index (χ1n) is 8.28. The summed E-state index contributed by atoms with van der Waals surface area (Å²) in [5.41, 5.74) is 1.20. The molecule has 0 unspecified atom stereocenters. The molecule has 1 atom stereocenters. The summed E-state index contributed by atoms with van der Waals surface area (Å²) in [5.74, 6) is 0.465. The first kappa shape index (κ1) is 17.5. The summed E-state index contributed by atoms with van der Waals surface area (Å²) in [6.45, 7) is 5.86. The lowest BCUT2D eigenvalue weighted by molar-refractivity contribution is -0.126. The lowest BCUT2D eigenvalue weighted by Gasteiger charge is -2.25. The minimum absolute atomic E-state index is 0.200. The molecule has 5 nitrogen and oxygen atoms in total. The largest absolute Gasteiger partial charge is 0.490 e. The highest BCUT2D eigenvalue weighted by molar-refractivity contribution is 7.12. The molecule has 0 bridgehead atoms. The fourth-order valence-electron chi connectivity index (χ4n) is 2.80. The van der Waals surface area contributed by atoms with Crippen molar-refractivity contribution in [2.24, 2.45) is 0 Å². The van der Waals surface area contributed by atoms with Crippen LogP contribution in [0.4, 0.5) is 0 Å². The number of amides is 2. The fourth-order valence-corrected chi connectivity index (χ4v) is 3.42. The third-order valence-electron chi connectivity index (χ3n) is 4.15. The van der Waals surface area contributed by atoms with E-state index in [1.54, 1.807) is 19.9 Å². The summed E-state index contributed by atoms with van der Waals surface area (Å²) in [6.07, 6.45) is 1.09. The Hall–Kier alpha value is -2.34. The van der Waals surface area contributed by atoms with Crippen LogP contribution in [-0.4, -0.2) is 23.5 Å². The summed E-state index contributed by atoms with van der Waals surface area (Å²) >= 11 is 1.35. The number of hydrogen-bond acceptors (Lipinski definition) is 4. The third-order valence-corrected chi connectivity index (χ3v) is 5.02. The molecule has 132 valence electrons. The van der Waals surface area contributed by atoms with Crippen molar-refractivity contribution in [2.75, 3.05) is 0 Å². The number of rotatable bonds is 5. The average Bonchev–Trinajstić information content (AvgIpc) is 3.20. The minimum Gasteiger partial charge on any atom is -0.490 e. The van der Waals surface area contributed by atoms with Gasteiger partial charge in [-0.2, -0.15) is 0 Å². The summed E-state index contributed by atoms with van der Waals surface area (Å²) in [7, 11) is 0. The van der Waals surface area contributed by atoms with Crippen LogP contribution in [0.3, 0.4) is 0 Å². The van der Waals surface area contributed by atoms with Crippen LogP contribution in [0.15, 0.2) is 35.7 Å². The van der Waals surface area contributed by atoms with E-state index in [-0.39, 0.29) is 17.9 Å².